The van der Waals surface area contributed by atoms with Gasteiger partial charge in [-0.3, -0.25) is 9.79 Å². The highest BCUT2D eigenvalue weighted by molar-refractivity contribution is 14.0. The number of nitrogens with zero attached hydrogens (tertiary/aromatic N) is 6. The van der Waals surface area contributed by atoms with Crippen LogP contribution in [0.15, 0.2) is 52.6 Å². The van der Waals surface area contributed by atoms with Gasteiger partial charge < -0.3 is 19.7 Å². The molecule has 2 aromatic heterocycles. The molecule has 0 spiro atoms. The Morgan fingerprint density at radius 2 is 1.86 bits per heavy atom. The highest BCUT2D eigenvalue weighted by Crippen LogP contribution is 2.10. The number of unbranched alkanes of at least 4 members (excludes halogenated alkanes) is 1. The minimum atomic E-state index is 0. The van der Waals surface area contributed by atoms with E-state index in [-0.39, 0.29) is 29.5 Å². The van der Waals surface area contributed by atoms with Crippen molar-refractivity contribution in [1.29, 1.82) is 0 Å². The summed E-state index contributed by atoms with van der Waals surface area (Å²) in [6.45, 7) is 7.97. The van der Waals surface area contributed by atoms with Gasteiger partial charge in [-0.15, -0.1) is 24.0 Å². The largest absolute Gasteiger partial charge is 0.357 e. The number of piperazine rings is 1. The van der Waals surface area contributed by atoms with Crippen LogP contribution in [0.25, 0.3) is 0 Å². The Hall–Kier alpha value is -2.17. The first kappa shape index (κ1) is 23.1. The Morgan fingerprint density at radius 1 is 1.10 bits per heavy atom. The standard InChI is InChI=1S/C20H29N7O.HI/c1-2-21-19(22-9-4-6-13-25-12-5-3-8-18(25)28)26-14-16-27(17-15-26)20-23-10-7-11-24-20;/h3,5,7-8,10-12H,2,4,6,9,13-17H2,1H3,(H,21,22);1H. The second kappa shape index (κ2) is 12.4. The SMILES string of the molecule is CCNC(=NCCCCn1ccccc1=O)N1CCN(c2ncccn2)CC1.I. The molecule has 1 fully saturated rings. The van der Waals surface area contributed by atoms with Gasteiger partial charge in [0.05, 0.1) is 0 Å². The summed E-state index contributed by atoms with van der Waals surface area (Å²) in [5.41, 5.74) is 0.0552. The molecule has 0 unspecified atom stereocenters. The van der Waals surface area contributed by atoms with E-state index in [4.69, 9.17) is 4.99 Å². The number of aliphatic imine (C=N–C) groups is 1. The van der Waals surface area contributed by atoms with Gasteiger partial charge in [-0.25, -0.2) is 9.97 Å². The zero-order valence-electron chi connectivity index (χ0n) is 16.9. The molecule has 1 saturated heterocycles. The van der Waals surface area contributed by atoms with Crippen LogP contribution in [0.1, 0.15) is 19.8 Å². The minimum Gasteiger partial charge on any atom is -0.357 e. The summed E-state index contributed by atoms with van der Waals surface area (Å²) in [4.78, 5) is 29.7. The van der Waals surface area contributed by atoms with E-state index in [0.717, 1.165) is 70.6 Å². The van der Waals surface area contributed by atoms with Crippen molar-refractivity contribution >= 4 is 35.9 Å². The van der Waals surface area contributed by atoms with E-state index >= 15 is 0 Å². The fourth-order valence-electron chi connectivity index (χ4n) is 3.22. The lowest BCUT2D eigenvalue weighted by atomic mass is 10.3. The summed E-state index contributed by atoms with van der Waals surface area (Å²) in [6, 6.07) is 7.10. The molecule has 0 amide bonds. The molecule has 1 aliphatic rings. The van der Waals surface area contributed by atoms with Crippen molar-refractivity contribution in [2.45, 2.75) is 26.3 Å². The first-order chi connectivity index (χ1) is 13.8. The van der Waals surface area contributed by atoms with Crippen molar-refractivity contribution < 1.29 is 0 Å². The van der Waals surface area contributed by atoms with E-state index < -0.39 is 0 Å². The maximum absolute atomic E-state index is 11.7. The van der Waals surface area contributed by atoms with Crippen molar-refractivity contribution in [3.05, 3.63) is 53.2 Å². The predicted octanol–water partition coefficient (Wildman–Crippen LogP) is 1.82. The van der Waals surface area contributed by atoms with E-state index in [1.54, 1.807) is 29.1 Å². The number of nitrogens with one attached hydrogen (secondary N) is 1. The first-order valence-corrected chi connectivity index (χ1v) is 9.98. The van der Waals surface area contributed by atoms with Gasteiger partial charge in [0.25, 0.3) is 0 Å². The average Bonchev–Trinajstić information content (AvgIpc) is 2.75. The van der Waals surface area contributed by atoms with Gasteiger partial charge in [0, 0.05) is 70.5 Å². The lowest BCUT2D eigenvalue weighted by molar-refractivity contribution is 0.370. The van der Waals surface area contributed by atoms with Gasteiger partial charge in [-0.1, -0.05) is 6.07 Å². The molecule has 2 aromatic rings. The smallest absolute Gasteiger partial charge is 0.250 e. The van der Waals surface area contributed by atoms with Crippen molar-refractivity contribution in [1.82, 2.24) is 24.8 Å². The van der Waals surface area contributed by atoms with Crippen LogP contribution >= 0.6 is 24.0 Å². The highest BCUT2D eigenvalue weighted by Gasteiger charge is 2.20. The van der Waals surface area contributed by atoms with Crippen LogP contribution in [0.5, 0.6) is 0 Å². The van der Waals surface area contributed by atoms with Gasteiger partial charge in [-0.2, -0.15) is 0 Å². The quantitative estimate of drug-likeness (QED) is 0.265. The Morgan fingerprint density at radius 3 is 2.55 bits per heavy atom. The molecule has 0 radical (unpaired) electrons. The molecular weight excluding hydrogens is 481 g/mol. The maximum atomic E-state index is 11.7. The molecule has 1 aliphatic heterocycles. The second-order valence-corrected chi connectivity index (χ2v) is 6.70. The fraction of sp³-hybridized carbons (Fsp3) is 0.500. The predicted molar refractivity (Wildman–Crippen MR) is 127 cm³/mol. The third-order valence-electron chi connectivity index (χ3n) is 4.72. The number of aromatic nitrogens is 3. The number of hydrogen-bond donors (Lipinski definition) is 1. The number of aryl methyl sites for hydroxylation is 1. The molecule has 0 atom stereocenters. The molecule has 1 N–H and O–H groups in total. The van der Waals surface area contributed by atoms with Crippen LogP contribution in [0.4, 0.5) is 5.95 Å². The summed E-state index contributed by atoms with van der Waals surface area (Å²) < 4.78 is 1.75. The fourth-order valence-corrected chi connectivity index (χ4v) is 3.22. The van der Waals surface area contributed by atoms with E-state index in [2.05, 4.69) is 32.0 Å². The third-order valence-corrected chi connectivity index (χ3v) is 4.72. The number of guanidine groups is 1. The molecule has 0 aliphatic carbocycles. The van der Waals surface area contributed by atoms with Crippen LogP contribution in [-0.4, -0.2) is 64.7 Å². The van der Waals surface area contributed by atoms with Gasteiger partial charge >= 0.3 is 0 Å². The number of halogens is 1. The van der Waals surface area contributed by atoms with E-state index in [1.807, 2.05) is 18.3 Å². The third kappa shape index (κ3) is 6.98. The molecule has 3 rings (SSSR count). The van der Waals surface area contributed by atoms with Crippen molar-refractivity contribution in [3.63, 3.8) is 0 Å². The monoisotopic (exact) mass is 511 g/mol. The molecule has 0 saturated carbocycles. The van der Waals surface area contributed by atoms with Gasteiger partial charge in [0.15, 0.2) is 5.96 Å². The maximum Gasteiger partial charge on any atom is 0.250 e. The summed E-state index contributed by atoms with van der Waals surface area (Å²) in [5.74, 6) is 1.76. The van der Waals surface area contributed by atoms with E-state index in [0.29, 0.717) is 0 Å². The number of anilines is 1. The van der Waals surface area contributed by atoms with Gasteiger partial charge in [0.1, 0.15) is 0 Å². The topological polar surface area (TPSA) is 78.7 Å². The molecule has 0 aromatic carbocycles. The normalized spacial score (nSPS) is 14.4. The molecule has 158 valence electrons. The summed E-state index contributed by atoms with van der Waals surface area (Å²) in [6.07, 6.45) is 7.29. The summed E-state index contributed by atoms with van der Waals surface area (Å²) in [5, 5.41) is 3.40. The van der Waals surface area contributed by atoms with E-state index in [9.17, 15) is 4.79 Å². The van der Waals surface area contributed by atoms with Crippen LogP contribution in [0.3, 0.4) is 0 Å². The van der Waals surface area contributed by atoms with Crippen molar-refractivity contribution in [3.8, 4) is 0 Å². The Bertz CT molecular complexity index is 804. The Labute approximate surface area is 189 Å². The van der Waals surface area contributed by atoms with Crippen LogP contribution in [0, 0.1) is 0 Å². The number of hydrogen-bond acceptors (Lipinski definition) is 5. The van der Waals surface area contributed by atoms with Gasteiger partial charge in [0.2, 0.25) is 11.5 Å². The molecular formula is C20H30IN7O. The molecule has 0 bridgehead atoms. The molecule has 3 heterocycles. The van der Waals surface area contributed by atoms with E-state index in [1.165, 1.54) is 0 Å². The summed E-state index contributed by atoms with van der Waals surface area (Å²) in [7, 11) is 0. The van der Waals surface area contributed by atoms with Crippen LogP contribution < -0.4 is 15.8 Å². The Balaban J connectivity index is 0.00000300. The first-order valence-electron chi connectivity index (χ1n) is 9.98. The average molecular weight is 511 g/mol. The number of pyridine rings is 1. The van der Waals surface area contributed by atoms with Crippen molar-refractivity contribution in [2.24, 2.45) is 4.99 Å². The highest BCUT2D eigenvalue weighted by atomic mass is 127. The van der Waals surface area contributed by atoms with Crippen molar-refractivity contribution in [2.75, 3.05) is 44.2 Å². The zero-order chi connectivity index (χ0) is 19.6. The lowest BCUT2D eigenvalue weighted by Gasteiger charge is -2.36. The molecule has 9 heteroatoms. The van der Waals surface area contributed by atoms with Gasteiger partial charge in [-0.05, 0) is 31.9 Å². The minimum absolute atomic E-state index is 0. The zero-order valence-corrected chi connectivity index (χ0v) is 19.2. The number of rotatable bonds is 7. The Kier molecular flexibility index (Phi) is 9.89. The second-order valence-electron chi connectivity index (χ2n) is 6.70. The molecule has 29 heavy (non-hydrogen) atoms. The van der Waals surface area contributed by atoms with Crippen LogP contribution in [0.2, 0.25) is 0 Å². The lowest BCUT2D eigenvalue weighted by Crippen LogP contribution is -2.53. The van der Waals surface area contributed by atoms with Crippen LogP contribution in [-0.2, 0) is 6.54 Å². The molecule has 8 nitrogen and oxygen atoms in total. The summed E-state index contributed by atoms with van der Waals surface area (Å²) >= 11 is 0.